The number of hydrogen-bond donors (Lipinski definition) is 1. The van der Waals surface area contributed by atoms with Crippen molar-refractivity contribution in [2.45, 2.75) is 38.0 Å². The van der Waals surface area contributed by atoms with Gasteiger partial charge in [-0.25, -0.2) is 8.42 Å². The fourth-order valence-corrected chi connectivity index (χ4v) is 4.26. The molecule has 0 spiro atoms. The number of carbonyl (C=O) groups is 1. The van der Waals surface area contributed by atoms with Gasteiger partial charge in [-0.05, 0) is 52.4 Å². The maximum Gasteiger partial charge on any atom is 0.228 e. The minimum Gasteiger partial charge on any atom is -0.326 e. The molecule has 3 rings (SSSR count). The summed E-state index contributed by atoms with van der Waals surface area (Å²) in [6, 6.07) is 22.7. The van der Waals surface area contributed by atoms with Crippen LogP contribution in [0.3, 0.4) is 0 Å². The zero-order valence-corrected chi connectivity index (χ0v) is 18.4. The van der Waals surface area contributed by atoms with E-state index in [1.54, 1.807) is 31.2 Å². The molecule has 0 saturated carbocycles. The molecule has 1 amide bonds. The van der Waals surface area contributed by atoms with Gasteiger partial charge in [-0.1, -0.05) is 69.3 Å². The number of hydrogen-bond acceptors (Lipinski definition) is 3. The summed E-state index contributed by atoms with van der Waals surface area (Å²) >= 11 is 0. The zero-order chi connectivity index (χ0) is 21.7. The first-order valence-electron chi connectivity index (χ1n) is 10.1. The number of nitrogens with one attached hydrogen (secondary N) is 1. The topological polar surface area (TPSA) is 63.2 Å². The van der Waals surface area contributed by atoms with E-state index < -0.39 is 9.84 Å². The molecular weight excluding hydrogens is 394 g/mol. The third-order valence-corrected chi connectivity index (χ3v) is 6.82. The fourth-order valence-electron chi connectivity index (χ4n) is 3.38. The van der Waals surface area contributed by atoms with Gasteiger partial charge in [0, 0.05) is 5.69 Å². The Bertz CT molecular complexity index is 1120. The Morgan fingerprint density at radius 3 is 2.20 bits per heavy atom. The Kier molecular flexibility index (Phi) is 6.73. The summed E-state index contributed by atoms with van der Waals surface area (Å²) in [5.41, 5.74) is 4.97. The highest BCUT2D eigenvalue weighted by atomic mass is 32.2. The van der Waals surface area contributed by atoms with Crippen LogP contribution >= 0.6 is 0 Å². The van der Waals surface area contributed by atoms with Gasteiger partial charge >= 0.3 is 0 Å². The molecular formula is C25H27NO3S. The van der Waals surface area contributed by atoms with E-state index in [0.717, 1.165) is 22.4 Å². The van der Waals surface area contributed by atoms with Crippen molar-refractivity contribution in [2.24, 2.45) is 0 Å². The van der Waals surface area contributed by atoms with Crippen LogP contribution < -0.4 is 5.32 Å². The molecule has 0 radical (unpaired) electrons. The van der Waals surface area contributed by atoms with E-state index in [1.807, 2.05) is 30.3 Å². The van der Waals surface area contributed by atoms with Crippen LogP contribution in [0.25, 0.3) is 11.1 Å². The zero-order valence-electron chi connectivity index (χ0n) is 17.6. The van der Waals surface area contributed by atoms with Crippen molar-refractivity contribution in [3.8, 4) is 11.1 Å². The number of carbonyl (C=O) groups excluding carboxylic acids is 1. The number of sulfone groups is 1. The second kappa shape index (κ2) is 9.26. The van der Waals surface area contributed by atoms with Gasteiger partial charge in [0.25, 0.3) is 0 Å². The second-order valence-corrected chi connectivity index (χ2v) is 9.87. The number of anilines is 1. The van der Waals surface area contributed by atoms with Gasteiger partial charge < -0.3 is 5.32 Å². The third-order valence-electron chi connectivity index (χ3n) is 5.07. The second-order valence-electron chi connectivity index (χ2n) is 7.60. The maximum absolute atomic E-state index is 12.6. The summed E-state index contributed by atoms with van der Waals surface area (Å²) in [6.07, 6.45) is 0.180. The van der Waals surface area contributed by atoms with Crippen LogP contribution in [0, 0.1) is 0 Å². The maximum atomic E-state index is 12.6. The van der Waals surface area contributed by atoms with Gasteiger partial charge in [-0.15, -0.1) is 0 Å². The number of benzene rings is 3. The van der Waals surface area contributed by atoms with Gasteiger partial charge in [-0.2, -0.15) is 0 Å². The van der Waals surface area contributed by atoms with Crippen molar-refractivity contribution in [3.05, 3.63) is 83.9 Å². The van der Waals surface area contributed by atoms with E-state index in [1.165, 1.54) is 5.56 Å². The van der Waals surface area contributed by atoms with E-state index in [4.69, 9.17) is 0 Å². The predicted octanol–water partition coefficient (Wildman–Crippen LogP) is 5.45. The molecule has 0 bridgehead atoms. The van der Waals surface area contributed by atoms with Gasteiger partial charge in [0.05, 0.1) is 17.1 Å². The summed E-state index contributed by atoms with van der Waals surface area (Å²) in [5.74, 6) is 0.281. The minimum atomic E-state index is -3.23. The molecule has 0 atom stereocenters. The third kappa shape index (κ3) is 5.16. The van der Waals surface area contributed by atoms with Crippen molar-refractivity contribution in [1.29, 1.82) is 0 Å². The Hall–Kier alpha value is -2.92. The first-order valence-corrected chi connectivity index (χ1v) is 11.8. The largest absolute Gasteiger partial charge is 0.326 e. The quantitative estimate of drug-likeness (QED) is 0.552. The molecule has 156 valence electrons. The van der Waals surface area contributed by atoms with Crippen molar-refractivity contribution in [2.75, 3.05) is 11.1 Å². The summed E-state index contributed by atoms with van der Waals surface area (Å²) < 4.78 is 23.8. The summed E-state index contributed by atoms with van der Waals surface area (Å²) in [7, 11) is -3.23. The normalized spacial score (nSPS) is 11.5. The lowest BCUT2D eigenvalue weighted by atomic mass is 9.92. The molecule has 3 aromatic carbocycles. The highest BCUT2D eigenvalue weighted by Gasteiger charge is 2.13. The molecule has 0 heterocycles. The molecule has 4 nitrogen and oxygen atoms in total. The standard InChI is InChI=1S/C25H27NO3S/c1-4-30(28,29)22-13-10-19(11-14-22)16-25(27)26-21-12-15-23(18(2)3)24(17-21)20-8-6-5-7-9-20/h5-15,17-18H,4,16H2,1-3H3,(H,26,27). The van der Waals surface area contributed by atoms with Crippen LogP contribution in [0.5, 0.6) is 0 Å². The molecule has 0 fully saturated rings. The Labute approximate surface area is 178 Å². The van der Waals surface area contributed by atoms with Gasteiger partial charge in [0.15, 0.2) is 9.84 Å². The SMILES string of the molecule is CCS(=O)(=O)c1ccc(CC(=O)Nc2ccc(C(C)C)c(-c3ccccc3)c2)cc1. The van der Waals surface area contributed by atoms with Crippen LogP contribution in [0.2, 0.25) is 0 Å². The van der Waals surface area contributed by atoms with Crippen LogP contribution in [0.1, 0.15) is 37.8 Å². The molecule has 5 heteroatoms. The van der Waals surface area contributed by atoms with Crippen LogP contribution in [0.15, 0.2) is 77.7 Å². The lowest BCUT2D eigenvalue weighted by Crippen LogP contribution is -2.14. The molecule has 0 aliphatic heterocycles. The Balaban J connectivity index is 1.77. The molecule has 0 unspecified atom stereocenters. The van der Waals surface area contributed by atoms with E-state index in [0.29, 0.717) is 5.92 Å². The molecule has 0 saturated heterocycles. The molecule has 3 aromatic rings. The highest BCUT2D eigenvalue weighted by molar-refractivity contribution is 7.91. The molecule has 0 aliphatic rings. The van der Waals surface area contributed by atoms with Crippen molar-refractivity contribution in [1.82, 2.24) is 0 Å². The first kappa shape index (κ1) is 21.8. The van der Waals surface area contributed by atoms with Crippen LogP contribution in [0.4, 0.5) is 5.69 Å². The molecule has 30 heavy (non-hydrogen) atoms. The molecule has 0 aliphatic carbocycles. The Morgan fingerprint density at radius 2 is 1.60 bits per heavy atom. The van der Waals surface area contributed by atoms with E-state index in [2.05, 4.69) is 37.4 Å². The van der Waals surface area contributed by atoms with Crippen molar-refractivity contribution >= 4 is 21.4 Å². The van der Waals surface area contributed by atoms with Gasteiger partial charge in [0.1, 0.15) is 0 Å². The summed E-state index contributed by atoms with van der Waals surface area (Å²) in [5, 5.41) is 2.97. The molecule has 0 aromatic heterocycles. The van der Waals surface area contributed by atoms with E-state index in [9.17, 15) is 13.2 Å². The summed E-state index contributed by atoms with van der Waals surface area (Å²) in [4.78, 5) is 12.8. The van der Waals surface area contributed by atoms with E-state index in [-0.39, 0.29) is 23.0 Å². The van der Waals surface area contributed by atoms with Crippen molar-refractivity contribution < 1.29 is 13.2 Å². The number of rotatable bonds is 7. The lowest BCUT2D eigenvalue weighted by molar-refractivity contribution is -0.115. The van der Waals surface area contributed by atoms with Crippen LogP contribution in [-0.2, 0) is 21.1 Å². The van der Waals surface area contributed by atoms with Gasteiger partial charge in [-0.3, -0.25) is 4.79 Å². The number of amides is 1. The smallest absolute Gasteiger partial charge is 0.228 e. The average Bonchev–Trinajstić information content (AvgIpc) is 2.74. The lowest BCUT2D eigenvalue weighted by Gasteiger charge is -2.15. The molecule has 1 N–H and O–H groups in total. The Morgan fingerprint density at radius 1 is 0.933 bits per heavy atom. The fraction of sp³-hybridized carbons (Fsp3) is 0.240. The minimum absolute atomic E-state index is 0.0585. The monoisotopic (exact) mass is 421 g/mol. The summed E-state index contributed by atoms with van der Waals surface area (Å²) in [6.45, 7) is 5.93. The van der Waals surface area contributed by atoms with Crippen molar-refractivity contribution in [3.63, 3.8) is 0 Å². The first-order chi connectivity index (χ1) is 14.3. The highest BCUT2D eigenvalue weighted by Crippen LogP contribution is 2.31. The average molecular weight is 422 g/mol. The van der Waals surface area contributed by atoms with Gasteiger partial charge in [0.2, 0.25) is 5.91 Å². The predicted molar refractivity (Wildman–Crippen MR) is 122 cm³/mol. The van der Waals surface area contributed by atoms with Crippen LogP contribution in [-0.4, -0.2) is 20.1 Å². The van der Waals surface area contributed by atoms with E-state index >= 15 is 0 Å².